The van der Waals surface area contributed by atoms with E-state index in [9.17, 15) is 40.7 Å². The maximum atomic E-state index is 14.0. The molecule has 2 saturated heterocycles. The van der Waals surface area contributed by atoms with E-state index in [2.05, 4.69) is 0 Å². The Kier molecular flexibility index (Phi) is 10.9. The summed E-state index contributed by atoms with van der Waals surface area (Å²) in [5, 5.41) is 0. The van der Waals surface area contributed by atoms with Gasteiger partial charge in [0.25, 0.3) is 0 Å². The Bertz CT molecular complexity index is 1640. The molecule has 0 radical (unpaired) electrons. The molecule has 2 N–H and O–H groups in total. The van der Waals surface area contributed by atoms with Crippen molar-refractivity contribution in [1.82, 2.24) is 14.7 Å². The standard InChI is InChI=1S/C35H36F6N4O5/c1-49-28-11-9-23(10-12-28)19-43-20-30-44(33(48)50-21-24-14-25(34(36,37)38)17-26(15-24)35(39,40)41)27(16-22-6-3-2-4-7-22)18-31(46)45(30)29(32(43)47)8-5-13-42/h2-4,6-7,9-12,14-15,17,27,29-30H,5,8,13,16,18-21,42H2,1H3/t27?,29-,30?/m0/s1. The predicted molar refractivity (Wildman–Crippen MR) is 168 cm³/mol. The van der Waals surface area contributed by atoms with Gasteiger partial charge in [-0.2, -0.15) is 26.3 Å². The second kappa shape index (κ2) is 15.0. The molecule has 268 valence electrons. The Hall–Kier alpha value is -4.79. The van der Waals surface area contributed by atoms with Crippen LogP contribution in [0.25, 0.3) is 0 Å². The zero-order valence-corrected chi connectivity index (χ0v) is 27.0. The number of carbonyl (C=O) groups excluding carboxylic acids is 3. The van der Waals surface area contributed by atoms with Crippen molar-refractivity contribution in [3.05, 3.63) is 101 Å². The Morgan fingerprint density at radius 2 is 1.52 bits per heavy atom. The van der Waals surface area contributed by atoms with Crippen LogP contribution in [0.1, 0.15) is 47.1 Å². The van der Waals surface area contributed by atoms with E-state index in [4.69, 9.17) is 15.2 Å². The first-order chi connectivity index (χ1) is 23.7. The lowest BCUT2D eigenvalue weighted by Gasteiger charge is -2.54. The van der Waals surface area contributed by atoms with Gasteiger partial charge in [-0.15, -0.1) is 0 Å². The molecule has 3 atom stereocenters. The number of methoxy groups -OCH3 is 1. The minimum atomic E-state index is -5.09. The third-order valence-corrected chi connectivity index (χ3v) is 8.80. The highest BCUT2D eigenvalue weighted by Crippen LogP contribution is 2.37. The van der Waals surface area contributed by atoms with E-state index in [-0.39, 0.29) is 56.8 Å². The molecule has 3 aromatic carbocycles. The van der Waals surface area contributed by atoms with Gasteiger partial charge in [0.05, 0.1) is 24.8 Å². The van der Waals surface area contributed by atoms with Crippen LogP contribution in [0.4, 0.5) is 31.1 Å². The lowest BCUT2D eigenvalue weighted by Crippen LogP contribution is -2.73. The fourth-order valence-corrected chi connectivity index (χ4v) is 6.44. The number of halogens is 6. The number of piperazine rings is 1. The van der Waals surface area contributed by atoms with E-state index in [1.165, 1.54) is 21.8 Å². The van der Waals surface area contributed by atoms with E-state index < -0.39 is 60.0 Å². The van der Waals surface area contributed by atoms with Crippen LogP contribution in [-0.2, 0) is 46.3 Å². The van der Waals surface area contributed by atoms with Gasteiger partial charge in [0.2, 0.25) is 11.8 Å². The first-order valence-electron chi connectivity index (χ1n) is 15.9. The quantitative estimate of drug-likeness (QED) is 0.260. The number of benzene rings is 3. The summed E-state index contributed by atoms with van der Waals surface area (Å²) in [6.07, 6.45) is -11.7. The molecule has 2 aliphatic heterocycles. The Morgan fingerprint density at radius 1 is 0.880 bits per heavy atom. The van der Waals surface area contributed by atoms with E-state index in [1.807, 2.05) is 0 Å². The summed E-state index contributed by atoms with van der Waals surface area (Å²) in [6.45, 7) is -0.685. The summed E-state index contributed by atoms with van der Waals surface area (Å²) in [6, 6.07) is 15.1. The number of fused-ring (bicyclic) bond motifs is 1. The summed E-state index contributed by atoms with van der Waals surface area (Å²) >= 11 is 0. The van der Waals surface area contributed by atoms with Crippen LogP contribution in [0.15, 0.2) is 72.8 Å². The second-order valence-electron chi connectivity index (χ2n) is 12.2. The molecule has 0 aromatic heterocycles. The normalized spacial score (nSPS) is 19.8. The Labute approximate surface area is 284 Å². The largest absolute Gasteiger partial charge is 0.497 e. The van der Waals surface area contributed by atoms with Crippen molar-refractivity contribution in [1.29, 1.82) is 0 Å². The van der Waals surface area contributed by atoms with Gasteiger partial charge in [-0.1, -0.05) is 42.5 Å². The second-order valence-corrected chi connectivity index (χ2v) is 12.2. The molecule has 2 unspecified atom stereocenters. The molecule has 3 aromatic rings. The summed E-state index contributed by atoms with van der Waals surface area (Å²) in [4.78, 5) is 45.9. The molecule has 50 heavy (non-hydrogen) atoms. The van der Waals surface area contributed by atoms with Crippen LogP contribution in [-0.4, -0.2) is 71.1 Å². The molecule has 9 nitrogen and oxygen atoms in total. The first kappa shape index (κ1) is 36.5. The lowest BCUT2D eigenvalue weighted by molar-refractivity contribution is -0.172. The molecule has 3 amide bonds. The van der Waals surface area contributed by atoms with Gasteiger partial charge in [-0.25, -0.2) is 4.79 Å². The van der Waals surface area contributed by atoms with Gasteiger partial charge >= 0.3 is 18.4 Å². The number of ether oxygens (including phenoxy) is 2. The minimum Gasteiger partial charge on any atom is -0.497 e. The molecule has 0 aliphatic carbocycles. The fourth-order valence-electron chi connectivity index (χ4n) is 6.44. The zero-order valence-electron chi connectivity index (χ0n) is 27.0. The molecule has 0 spiro atoms. The van der Waals surface area contributed by atoms with Crippen LogP contribution in [0.5, 0.6) is 5.75 Å². The van der Waals surface area contributed by atoms with E-state index in [0.29, 0.717) is 24.3 Å². The SMILES string of the molecule is COc1ccc(CN2CC3N(C(=O)OCc4cc(C(F)(F)F)cc(C(F)(F)F)c4)C(Cc4ccccc4)CC(=O)N3[C@@H](CCCN)C2=O)cc1. The van der Waals surface area contributed by atoms with Gasteiger partial charge in [0.15, 0.2) is 0 Å². The molecular formula is C35H36F6N4O5. The third kappa shape index (κ3) is 8.32. The van der Waals surface area contributed by atoms with Gasteiger partial charge < -0.3 is 25.0 Å². The highest BCUT2D eigenvalue weighted by atomic mass is 19.4. The number of amides is 3. The number of hydrogen-bond acceptors (Lipinski definition) is 6. The summed E-state index contributed by atoms with van der Waals surface area (Å²) in [5.74, 6) is -0.131. The Morgan fingerprint density at radius 3 is 2.10 bits per heavy atom. The highest BCUT2D eigenvalue weighted by Gasteiger charge is 2.52. The molecule has 5 rings (SSSR count). The molecular weight excluding hydrogens is 670 g/mol. The summed E-state index contributed by atoms with van der Waals surface area (Å²) in [5.41, 5.74) is 3.67. The lowest BCUT2D eigenvalue weighted by atomic mass is 9.93. The predicted octanol–water partition coefficient (Wildman–Crippen LogP) is 5.99. The summed E-state index contributed by atoms with van der Waals surface area (Å²) in [7, 11) is 1.52. The maximum Gasteiger partial charge on any atom is 0.416 e. The smallest absolute Gasteiger partial charge is 0.416 e. The van der Waals surface area contributed by atoms with E-state index in [1.54, 1.807) is 54.6 Å². The number of nitrogens with two attached hydrogens (primary N) is 1. The van der Waals surface area contributed by atoms with Crippen molar-refractivity contribution >= 4 is 17.9 Å². The average molecular weight is 707 g/mol. The third-order valence-electron chi connectivity index (χ3n) is 8.80. The fraction of sp³-hybridized carbons (Fsp3) is 0.400. The number of rotatable bonds is 10. The van der Waals surface area contributed by atoms with Gasteiger partial charge in [-0.3, -0.25) is 14.5 Å². The number of hydrogen-bond donors (Lipinski definition) is 1. The van der Waals surface area contributed by atoms with Crippen LogP contribution in [0.2, 0.25) is 0 Å². The van der Waals surface area contributed by atoms with Crippen molar-refractivity contribution in [2.75, 3.05) is 20.2 Å². The van der Waals surface area contributed by atoms with E-state index in [0.717, 1.165) is 11.1 Å². The van der Waals surface area contributed by atoms with Gasteiger partial charge in [-0.05, 0) is 72.8 Å². The molecule has 15 heteroatoms. The molecule has 2 heterocycles. The van der Waals surface area contributed by atoms with Gasteiger partial charge in [0.1, 0.15) is 24.6 Å². The highest BCUT2D eigenvalue weighted by molar-refractivity contribution is 5.91. The van der Waals surface area contributed by atoms with Crippen molar-refractivity contribution in [2.45, 2.75) is 69.4 Å². The molecule has 0 bridgehead atoms. The minimum absolute atomic E-state index is 0.00669. The monoisotopic (exact) mass is 706 g/mol. The van der Waals surface area contributed by atoms with Crippen LogP contribution in [0.3, 0.4) is 0 Å². The number of alkyl halides is 6. The van der Waals surface area contributed by atoms with E-state index >= 15 is 0 Å². The zero-order chi connectivity index (χ0) is 36.2. The van der Waals surface area contributed by atoms with Crippen LogP contribution in [0, 0.1) is 0 Å². The van der Waals surface area contributed by atoms with Crippen LogP contribution < -0.4 is 10.5 Å². The Balaban J connectivity index is 1.50. The van der Waals surface area contributed by atoms with Crippen LogP contribution >= 0.6 is 0 Å². The molecule has 0 saturated carbocycles. The molecule has 2 aliphatic rings. The summed E-state index contributed by atoms with van der Waals surface area (Å²) < 4.78 is 91.8. The maximum absolute atomic E-state index is 14.0. The first-order valence-corrected chi connectivity index (χ1v) is 15.9. The van der Waals surface area contributed by atoms with Crippen molar-refractivity contribution in [2.24, 2.45) is 5.73 Å². The topological polar surface area (TPSA) is 105 Å². The van der Waals surface area contributed by atoms with Crippen molar-refractivity contribution in [3.63, 3.8) is 0 Å². The van der Waals surface area contributed by atoms with Gasteiger partial charge in [0, 0.05) is 19.0 Å². The average Bonchev–Trinajstić information content (AvgIpc) is 3.07. The molecule has 2 fully saturated rings. The number of nitrogens with zero attached hydrogens (tertiary/aromatic N) is 3. The van der Waals surface area contributed by atoms with Crippen molar-refractivity contribution < 1.29 is 50.2 Å². The number of carbonyl (C=O) groups is 3. The van der Waals surface area contributed by atoms with Crippen molar-refractivity contribution in [3.8, 4) is 5.75 Å².